The SMILES string of the molecule is COc1ccccc1COCCCO.Cc1ccc(S(=O)(=O)O)cc1. The van der Waals surface area contributed by atoms with Crippen LogP contribution >= 0.6 is 0 Å². The molecule has 0 unspecified atom stereocenters. The summed E-state index contributed by atoms with van der Waals surface area (Å²) in [4.78, 5) is -0.0666. The van der Waals surface area contributed by atoms with Crippen molar-refractivity contribution in [3.05, 3.63) is 59.7 Å². The van der Waals surface area contributed by atoms with Crippen LogP contribution in [0.5, 0.6) is 5.75 Å². The predicted octanol–water partition coefficient (Wildman–Crippen LogP) is 2.84. The van der Waals surface area contributed by atoms with Crippen LogP contribution in [0.3, 0.4) is 0 Å². The number of rotatable bonds is 7. The van der Waals surface area contributed by atoms with E-state index < -0.39 is 10.1 Å². The van der Waals surface area contributed by atoms with Crippen LogP contribution in [0.2, 0.25) is 0 Å². The molecular formula is C18H24O6S. The van der Waals surface area contributed by atoms with Crippen molar-refractivity contribution < 1.29 is 27.6 Å². The molecule has 0 amide bonds. The van der Waals surface area contributed by atoms with Crippen LogP contribution in [0, 0.1) is 6.92 Å². The van der Waals surface area contributed by atoms with Gasteiger partial charge >= 0.3 is 0 Å². The molecule has 2 aromatic rings. The summed E-state index contributed by atoms with van der Waals surface area (Å²) >= 11 is 0. The van der Waals surface area contributed by atoms with Gasteiger partial charge in [0, 0.05) is 18.8 Å². The van der Waals surface area contributed by atoms with E-state index in [2.05, 4.69) is 0 Å². The van der Waals surface area contributed by atoms with E-state index in [0.717, 1.165) is 16.9 Å². The van der Waals surface area contributed by atoms with Crippen LogP contribution < -0.4 is 4.74 Å². The molecule has 0 fully saturated rings. The van der Waals surface area contributed by atoms with E-state index in [9.17, 15) is 8.42 Å². The molecule has 0 bridgehead atoms. The van der Waals surface area contributed by atoms with Gasteiger partial charge in [-0.2, -0.15) is 8.42 Å². The molecule has 0 aliphatic rings. The minimum atomic E-state index is -4.02. The number of ether oxygens (including phenoxy) is 2. The van der Waals surface area contributed by atoms with Gasteiger partial charge in [-0.1, -0.05) is 35.9 Å². The van der Waals surface area contributed by atoms with E-state index in [4.69, 9.17) is 19.1 Å². The molecule has 0 radical (unpaired) electrons. The van der Waals surface area contributed by atoms with Crippen molar-refractivity contribution in [1.82, 2.24) is 0 Å². The molecule has 0 saturated carbocycles. The van der Waals surface area contributed by atoms with Gasteiger partial charge < -0.3 is 14.6 Å². The van der Waals surface area contributed by atoms with Gasteiger partial charge in [0.15, 0.2) is 0 Å². The number of methoxy groups -OCH3 is 1. The third-order valence-corrected chi connectivity index (χ3v) is 4.08. The van der Waals surface area contributed by atoms with Gasteiger partial charge in [-0.15, -0.1) is 0 Å². The van der Waals surface area contributed by atoms with Gasteiger partial charge in [0.05, 0.1) is 18.6 Å². The van der Waals surface area contributed by atoms with Crippen LogP contribution in [0.25, 0.3) is 0 Å². The first-order valence-corrected chi connectivity index (χ1v) is 9.17. The highest BCUT2D eigenvalue weighted by Crippen LogP contribution is 2.17. The molecule has 0 aromatic heterocycles. The summed E-state index contributed by atoms with van der Waals surface area (Å²) in [6.45, 7) is 3.12. The van der Waals surface area contributed by atoms with E-state index in [0.29, 0.717) is 19.6 Å². The second-order valence-electron chi connectivity index (χ2n) is 5.23. The Kier molecular flexibility index (Phi) is 9.15. The molecule has 0 atom stereocenters. The van der Waals surface area contributed by atoms with Crippen molar-refractivity contribution in [3.63, 3.8) is 0 Å². The monoisotopic (exact) mass is 368 g/mol. The van der Waals surface area contributed by atoms with Crippen LogP contribution in [-0.4, -0.2) is 38.4 Å². The number of aliphatic hydroxyl groups excluding tert-OH is 1. The minimum Gasteiger partial charge on any atom is -0.496 e. The van der Waals surface area contributed by atoms with Crippen molar-refractivity contribution in [2.75, 3.05) is 20.3 Å². The zero-order valence-corrected chi connectivity index (χ0v) is 15.2. The molecular weight excluding hydrogens is 344 g/mol. The number of aliphatic hydroxyl groups is 1. The van der Waals surface area contributed by atoms with Gasteiger partial charge in [0.25, 0.3) is 10.1 Å². The maximum Gasteiger partial charge on any atom is 0.294 e. The average molecular weight is 368 g/mol. The summed E-state index contributed by atoms with van der Waals surface area (Å²) in [5, 5.41) is 8.56. The van der Waals surface area contributed by atoms with E-state index in [1.807, 2.05) is 31.2 Å². The lowest BCUT2D eigenvalue weighted by Gasteiger charge is -2.08. The Morgan fingerprint density at radius 2 is 1.68 bits per heavy atom. The van der Waals surface area contributed by atoms with Gasteiger partial charge in [-0.05, 0) is 31.5 Å². The first kappa shape index (κ1) is 21.1. The van der Waals surface area contributed by atoms with Crippen molar-refractivity contribution in [2.45, 2.75) is 24.8 Å². The second kappa shape index (κ2) is 10.8. The molecule has 2 N–H and O–H groups in total. The van der Waals surface area contributed by atoms with E-state index in [-0.39, 0.29) is 11.5 Å². The summed E-state index contributed by atoms with van der Waals surface area (Å²) in [7, 11) is -2.37. The van der Waals surface area contributed by atoms with E-state index >= 15 is 0 Å². The molecule has 0 aliphatic carbocycles. The fraction of sp³-hybridized carbons (Fsp3) is 0.333. The van der Waals surface area contributed by atoms with Crippen LogP contribution in [-0.2, 0) is 21.5 Å². The number of benzene rings is 2. The number of hydrogen-bond donors (Lipinski definition) is 2. The quantitative estimate of drug-likeness (QED) is 0.577. The number of hydrogen-bond acceptors (Lipinski definition) is 5. The highest BCUT2D eigenvalue weighted by molar-refractivity contribution is 7.85. The fourth-order valence-corrected chi connectivity index (χ4v) is 2.36. The van der Waals surface area contributed by atoms with Gasteiger partial charge in [-0.3, -0.25) is 4.55 Å². The zero-order valence-electron chi connectivity index (χ0n) is 14.4. The van der Waals surface area contributed by atoms with Crippen LogP contribution in [0.15, 0.2) is 53.4 Å². The maximum absolute atomic E-state index is 10.5. The Morgan fingerprint density at radius 3 is 2.24 bits per heavy atom. The topological polar surface area (TPSA) is 93.1 Å². The van der Waals surface area contributed by atoms with Crippen molar-refractivity contribution in [2.24, 2.45) is 0 Å². The molecule has 2 rings (SSSR count). The first-order chi connectivity index (χ1) is 11.9. The predicted molar refractivity (Wildman–Crippen MR) is 95.3 cm³/mol. The van der Waals surface area contributed by atoms with E-state index in [1.54, 1.807) is 19.2 Å². The molecule has 138 valence electrons. The van der Waals surface area contributed by atoms with E-state index in [1.165, 1.54) is 12.1 Å². The standard InChI is InChI=1S/C11H16O3.C7H8O3S/c1-13-11-6-3-2-5-10(11)9-14-8-4-7-12;1-6-2-4-7(5-3-6)11(8,9)10/h2-3,5-6,12H,4,7-9H2,1H3;2-5H,1H3,(H,8,9,10). The Balaban J connectivity index is 0.000000257. The molecule has 0 aliphatic heterocycles. The summed E-state index contributed by atoms with van der Waals surface area (Å²) in [6.07, 6.45) is 0.676. The molecule has 2 aromatic carbocycles. The van der Waals surface area contributed by atoms with Crippen molar-refractivity contribution in [1.29, 1.82) is 0 Å². The Hall–Kier alpha value is -1.93. The molecule has 6 nitrogen and oxygen atoms in total. The summed E-state index contributed by atoms with van der Waals surface area (Å²) in [5.74, 6) is 0.844. The first-order valence-electron chi connectivity index (χ1n) is 7.73. The maximum atomic E-state index is 10.5. The lowest BCUT2D eigenvalue weighted by molar-refractivity contribution is 0.103. The minimum absolute atomic E-state index is 0.0666. The molecule has 7 heteroatoms. The average Bonchev–Trinajstić information content (AvgIpc) is 2.59. The van der Waals surface area contributed by atoms with Gasteiger partial charge in [0.1, 0.15) is 5.75 Å². The summed E-state index contributed by atoms with van der Waals surface area (Å²) < 4.78 is 40.1. The van der Waals surface area contributed by atoms with Gasteiger partial charge in [0.2, 0.25) is 0 Å². The molecule has 0 saturated heterocycles. The largest absolute Gasteiger partial charge is 0.496 e. The number of para-hydroxylation sites is 1. The molecule has 0 spiro atoms. The highest BCUT2D eigenvalue weighted by Gasteiger charge is 2.06. The fourth-order valence-electron chi connectivity index (χ4n) is 1.88. The Morgan fingerprint density at radius 1 is 1.04 bits per heavy atom. The zero-order chi connectivity index (χ0) is 18.7. The van der Waals surface area contributed by atoms with Crippen molar-refractivity contribution >= 4 is 10.1 Å². The molecule has 0 heterocycles. The highest BCUT2D eigenvalue weighted by atomic mass is 32.2. The van der Waals surface area contributed by atoms with Crippen LogP contribution in [0.4, 0.5) is 0 Å². The normalized spacial score (nSPS) is 10.7. The summed E-state index contributed by atoms with van der Waals surface area (Å²) in [5.41, 5.74) is 1.99. The molecule has 25 heavy (non-hydrogen) atoms. The number of aryl methyl sites for hydroxylation is 1. The van der Waals surface area contributed by atoms with Crippen LogP contribution in [0.1, 0.15) is 17.5 Å². The second-order valence-corrected chi connectivity index (χ2v) is 6.65. The van der Waals surface area contributed by atoms with Crippen molar-refractivity contribution in [3.8, 4) is 5.75 Å². The lowest BCUT2D eigenvalue weighted by Crippen LogP contribution is -1.99. The smallest absolute Gasteiger partial charge is 0.294 e. The Labute approximate surface area is 148 Å². The third kappa shape index (κ3) is 8.13. The summed E-state index contributed by atoms with van der Waals surface area (Å²) in [6, 6.07) is 13.7. The lowest BCUT2D eigenvalue weighted by atomic mass is 10.2. The Bertz CT molecular complexity index is 725. The van der Waals surface area contributed by atoms with Gasteiger partial charge in [-0.25, -0.2) is 0 Å². The third-order valence-electron chi connectivity index (χ3n) is 3.22.